The molecule has 0 unspecified atom stereocenters. The molecule has 4 rings (SSSR count). The van der Waals surface area contributed by atoms with Gasteiger partial charge in [0.2, 0.25) is 0 Å². The minimum atomic E-state index is -0.261. The molecule has 2 aromatic carbocycles. The smallest absolute Gasteiger partial charge is 0.176 e. The maximum absolute atomic E-state index is 13.0. The van der Waals surface area contributed by atoms with E-state index < -0.39 is 0 Å². The average Bonchev–Trinajstić information content (AvgIpc) is 3.31. The molecule has 4 aromatic rings. The van der Waals surface area contributed by atoms with Crippen LogP contribution in [-0.2, 0) is 13.1 Å². The molecule has 10 heteroatoms. The SMILES string of the molecule is Fc1ccc(Cn2cc(NC(=S)Nc3nn(Cc4ccccc4Cl)cc3Br)cn2)cc1. The van der Waals surface area contributed by atoms with E-state index in [0.29, 0.717) is 29.0 Å². The maximum atomic E-state index is 13.0. The molecule has 6 nitrogen and oxygen atoms in total. The van der Waals surface area contributed by atoms with Crippen molar-refractivity contribution < 1.29 is 4.39 Å². The van der Waals surface area contributed by atoms with E-state index in [9.17, 15) is 4.39 Å². The van der Waals surface area contributed by atoms with Crippen LogP contribution in [0.15, 0.2) is 71.6 Å². The molecule has 0 aliphatic carbocycles. The maximum Gasteiger partial charge on any atom is 0.176 e. The second kappa shape index (κ2) is 9.59. The van der Waals surface area contributed by atoms with Crippen molar-refractivity contribution in [2.24, 2.45) is 0 Å². The van der Waals surface area contributed by atoms with Gasteiger partial charge in [0.05, 0.1) is 29.4 Å². The van der Waals surface area contributed by atoms with Crippen LogP contribution in [0.25, 0.3) is 0 Å². The van der Waals surface area contributed by atoms with Gasteiger partial charge in [-0.15, -0.1) is 0 Å². The first kappa shape index (κ1) is 21.5. The van der Waals surface area contributed by atoms with Crippen molar-refractivity contribution in [3.8, 4) is 0 Å². The van der Waals surface area contributed by atoms with E-state index in [1.807, 2.05) is 36.7 Å². The Kier molecular flexibility index (Phi) is 6.64. The summed E-state index contributed by atoms with van der Waals surface area (Å²) in [5.74, 6) is 0.326. The second-order valence-corrected chi connectivity index (χ2v) is 8.42. The van der Waals surface area contributed by atoms with Gasteiger partial charge in [-0.2, -0.15) is 10.2 Å². The summed E-state index contributed by atoms with van der Waals surface area (Å²) in [6.07, 6.45) is 5.35. The Morgan fingerprint density at radius 2 is 1.81 bits per heavy atom. The van der Waals surface area contributed by atoms with E-state index in [0.717, 1.165) is 21.3 Å². The molecule has 158 valence electrons. The summed E-state index contributed by atoms with van der Waals surface area (Å²) in [6, 6.07) is 14.0. The summed E-state index contributed by atoms with van der Waals surface area (Å²) >= 11 is 15.1. The topological polar surface area (TPSA) is 59.7 Å². The highest BCUT2D eigenvalue weighted by atomic mass is 79.9. The lowest BCUT2D eigenvalue weighted by Crippen LogP contribution is -2.19. The number of anilines is 2. The normalized spacial score (nSPS) is 10.8. The van der Waals surface area contributed by atoms with Crippen molar-refractivity contribution in [2.45, 2.75) is 13.1 Å². The molecule has 0 saturated heterocycles. The van der Waals surface area contributed by atoms with Crippen LogP contribution in [0.5, 0.6) is 0 Å². The highest BCUT2D eigenvalue weighted by Crippen LogP contribution is 2.23. The number of nitrogens with zero attached hydrogens (tertiary/aromatic N) is 4. The fraction of sp³-hybridized carbons (Fsp3) is 0.0952. The van der Waals surface area contributed by atoms with Crippen molar-refractivity contribution in [3.63, 3.8) is 0 Å². The number of benzene rings is 2. The molecular formula is C21H17BrClFN6S. The predicted molar refractivity (Wildman–Crippen MR) is 128 cm³/mol. The number of hydrogen-bond acceptors (Lipinski definition) is 3. The van der Waals surface area contributed by atoms with Gasteiger partial charge in [0.1, 0.15) is 5.82 Å². The fourth-order valence-electron chi connectivity index (χ4n) is 2.93. The number of hydrogen-bond donors (Lipinski definition) is 2. The van der Waals surface area contributed by atoms with Gasteiger partial charge in [-0.1, -0.05) is 41.9 Å². The molecule has 0 aliphatic heterocycles. The molecule has 0 amide bonds. The third kappa shape index (κ3) is 5.69. The molecule has 0 saturated carbocycles. The third-order valence-corrected chi connectivity index (χ3v) is 5.54. The Hall–Kier alpha value is -2.75. The van der Waals surface area contributed by atoms with Crippen LogP contribution in [0, 0.1) is 5.82 Å². The van der Waals surface area contributed by atoms with E-state index in [2.05, 4.69) is 36.8 Å². The Morgan fingerprint density at radius 3 is 2.58 bits per heavy atom. The van der Waals surface area contributed by atoms with Gasteiger partial charge >= 0.3 is 0 Å². The number of thiocarbonyl (C=S) groups is 1. The van der Waals surface area contributed by atoms with Gasteiger partial charge in [-0.3, -0.25) is 9.36 Å². The molecular weight excluding hydrogens is 503 g/mol. The first-order valence-corrected chi connectivity index (χ1v) is 10.9. The summed E-state index contributed by atoms with van der Waals surface area (Å²) in [7, 11) is 0. The van der Waals surface area contributed by atoms with Gasteiger partial charge in [0.15, 0.2) is 10.9 Å². The third-order valence-electron chi connectivity index (χ3n) is 4.39. The second-order valence-electron chi connectivity index (χ2n) is 6.75. The predicted octanol–water partition coefficient (Wildman–Crippen LogP) is 5.54. The molecule has 2 heterocycles. The van der Waals surface area contributed by atoms with Crippen molar-refractivity contribution in [1.29, 1.82) is 0 Å². The first-order chi connectivity index (χ1) is 15.0. The molecule has 2 aromatic heterocycles. The zero-order chi connectivity index (χ0) is 21.8. The molecule has 0 spiro atoms. The summed E-state index contributed by atoms with van der Waals surface area (Å²) in [5, 5.41) is 16.1. The lowest BCUT2D eigenvalue weighted by molar-refractivity contribution is 0.624. The number of nitrogens with one attached hydrogen (secondary N) is 2. The minimum Gasteiger partial charge on any atom is -0.330 e. The van der Waals surface area contributed by atoms with Crippen LogP contribution in [0.4, 0.5) is 15.9 Å². The van der Waals surface area contributed by atoms with Crippen molar-refractivity contribution in [1.82, 2.24) is 19.6 Å². The lowest BCUT2D eigenvalue weighted by atomic mass is 10.2. The summed E-state index contributed by atoms with van der Waals surface area (Å²) in [6.45, 7) is 1.07. The number of rotatable bonds is 6. The van der Waals surface area contributed by atoms with E-state index in [-0.39, 0.29) is 5.82 Å². The standard InChI is InChI=1S/C21H17BrClFN6S/c22-18-13-30(11-15-3-1-2-4-19(15)23)28-20(18)27-21(31)26-17-9-25-29(12-17)10-14-5-7-16(24)8-6-14/h1-9,12-13H,10-11H2,(H2,26,27,28,31). The highest BCUT2D eigenvalue weighted by Gasteiger charge is 2.10. The van der Waals surface area contributed by atoms with Crippen molar-refractivity contribution >= 4 is 56.4 Å². The molecule has 0 aliphatic rings. The Labute approximate surface area is 197 Å². The van der Waals surface area contributed by atoms with E-state index in [1.165, 1.54) is 12.1 Å². The van der Waals surface area contributed by atoms with Crippen LogP contribution in [0.3, 0.4) is 0 Å². The largest absolute Gasteiger partial charge is 0.330 e. The fourth-order valence-corrected chi connectivity index (χ4v) is 3.75. The molecule has 2 N–H and O–H groups in total. The highest BCUT2D eigenvalue weighted by molar-refractivity contribution is 9.10. The van der Waals surface area contributed by atoms with Crippen LogP contribution < -0.4 is 10.6 Å². The monoisotopic (exact) mass is 518 g/mol. The zero-order valence-corrected chi connectivity index (χ0v) is 19.3. The Bertz CT molecular complexity index is 1210. The molecule has 31 heavy (non-hydrogen) atoms. The van der Waals surface area contributed by atoms with Gasteiger partial charge < -0.3 is 10.6 Å². The first-order valence-electron chi connectivity index (χ1n) is 9.27. The Morgan fingerprint density at radius 1 is 1.03 bits per heavy atom. The quantitative estimate of drug-likeness (QED) is 0.328. The Balaban J connectivity index is 1.36. The molecule has 0 radical (unpaired) electrons. The summed E-state index contributed by atoms with van der Waals surface area (Å²) in [4.78, 5) is 0. The van der Waals surface area contributed by atoms with Crippen LogP contribution >= 0.6 is 39.7 Å². The van der Waals surface area contributed by atoms with Crippen LogP contribution in [-0.4, -0.2) is 24.7 Å². The van der Waals surface area contributed by atoms with Gasteiger partial charge in [-0.25, -0.2) is 4.39 Å². The van der Waals surface area contributed by atoms with Crippen LogP contribution in [0.2, 0.25) is 5.02 Å². The number of halogens is 3. The van der Waals surface area contributed by atoms with Crippen molar-refractivity contribution in [2.75, 3.05) is 10.6 Å². The van der Waals surface area contributed by atoms with E-state index in [1.54, 1.807) is 27.7 Å². The lowest BCUT2D eigenvalue weighted by Gasteiger charge is -2.07. The van der Waals surface area contributed by atoms with Gasteiger partial charge in [-0.05, 0) is 57.5 Å². The number of aromatic nitrogens is 4. The van der Waals surface area contributed by atoms with Gasteiger partial charge in [0, 0.05) is 17.4 Å². The van der Waals surface area contributed by atoms with Gasteiger partial charge in [0.25, 0.3) is 0 Å². The molecule has 0 bridgehead atoms. The van der Waals surface area contributed by atoms with E-state index >= 15 is 0 Å². The van der Waals surface area contributed by atoms with E-state index in [4.69, 9.17) is 23.8 Å². The molecule has 0 atom stereocenters. The van der Waals surface area contributed by atoms with Crippen molar-refractivity contribution in [3.05, 3.63) is 93.6 Å². The van der Waals surface area contributed by atoms with Crippen LogP contribution in [0.1, 0.15) is 11.1 Å². The zero-order valence-electron chi connectivity index (χ0n) is 16.1. The molecule has 0 fully saturated rings. The minimum absolute atomic E-state index is 0.261. The summed E-state index contributed by atoms with van der Waals surface area (Å²) < 4.78 is 17.3. The summed E-state index contributed by atoms with van der Waals surface area (Å²) in [5.41, 5.74) is 2.65. The average molecular weight is 520 g/mol.